The number of benzene rings is 3. The van der Waals surface area contributed by atoms with Crippen molar-refractivity contribution in [3.63, 3.8) is 0 Å². The molecule has 0 spiro atoms. The first-order chi connectivity index (χ1) is 9.13. The fourth-order valence-electron chi connectivity index (χ4n) is 2.17. The van der Waals surface area contributed by atoms with Crippen LogP contribution in [0.15, 0.2) is 54.6 Å². The predicted molar refractivity (Wildman–Crippen MR) is 74.4 cm³/mol. The Hall–Kier alpha value is -2.68. The number of hydrogen-bond acceptors (Lipinski definition) is 3. The van der Waals surface area contributed by atoms with Gasteiger partial charge in [-0.15, -0.1) is 0 Å². The second-order valence-corrected chi connectivity index (χ2v) is 4.45. The standard InChI is InChI=1S/C16H12O3/c17-13-4-1-10(2-5-13)11-3-6-15-12(7-11)8-14(18)9-16(15)19/h1-9,17-19H. The number of hydrogen-bond donors (Lipinski definition) is 3. The van der Waals surface area contributed by atoms with Crippen LogP contribution in [0.3, 0.4) is 0 Å². The predicted octanol–water partition coefficient (Wildman–Crippen LogP) is 3.62. The van der Waals surface area contributed by atoms with Crippen LogP contribution in [-0.2, 0) is 0 Å². The van der Waals surface area contributed by atoms with E-state index in [-0.39, 0.29) is 17.2 Å². The summed E-state index contributed by atoms with van der Waals surface area (Å²) in [6.07, 6.45) is 0. The Bertz CT molecular complexity index is 746. The maximum atomic E-state index is 9.76. The van der Waals surface area contributed by atoms with Crippen molar-refractivity contribution in [3.8, 4) is 28.4 Å². The molecule has 3 aromatic carbocycles. The molecule has 3 aromatic rings. The van der Waals surface area contributed by atoms with Gasteiger partial charge in [-0.2, -0.15) is 0 Å². The smallest absolute Gasteiger partial charge is 0.127 e. The minimum Gasteiger partial charge on any atom is -0.508 e. The quantitative estimate of drug-likeness (QED) is 0.619. The number of phenolic OH excluding ortho intramolecular Hbond substituents is 3. The van der Waals surface area contributed by atoms with E-state index in [0.29, 0.717) is 5.39 Å². The molecular weight excluding hydrogens is 240 g/mol. The molecule has 0 aliphatic rings. The number of aromatic hydroxyl groups is 3. The molecule has 0 aliphatic carbocycles. The van der Waals surface area contributed by atoms with Crippen molar-refractivity contribution >= 4 is 10.8 Å². The zero-order valence-electron chi connectivity index (χ0n) is 10.0. The second kappa shape index (κ2) is 4.21. The normalized spacial score (nSPS) is 10.7. The van der Waals surface area contributed by atoms with Crippen molar-refractivity contribution in [2.45, 2.75) is 0 Å². The molecule has 0 unspecified atom stereocenters. The fraction of sp³-hybridized carbons (Fsp3) is 0. The van der Waals surface area contributed by atoms with E-state index in [9.17, 15) is 15.3 Å². The highest BCUT2D eigenvalue weighted by Crippen LogP contribution is 2.33. The highest BCUT2D eigenvalue weighted by molar-refractivity contribution is 5.92. The molecule has 3 rings (SSSR count). The summed E-state index contributed by atoms with van der Waals surface area (Å²) in [5.41, 5.74) is 1.92. The zero-order chi connectivity index (χ0) is 13.4. The lowest BCUT2D eigenvalue weighted by atomic mass is 10.0. The van der Waals surface area contributed by atoms with Crippen molar-refractivity contribution in [2.75, 3.05) is 0 Å². The van der Waals surface area contributed by atoms with Crippen molar-refractivity contribution in [2.24, 2.45) is 0 Å². The summed E-state index contributed by atoms with van der Waals surface area (Å²) in [6.45, 7) is 0. The van der Waals surface area contributed by atoms with Crippen LogP contribution >= 0.6 is 0 Å². The van der Waals surface area contributed by atoms with E-state index in [0.717, 1.165) is 16.5 Å². The summed E-state index contributed by atoms with van der Waals surface area (Å²) in [6, 6.07) is 15.4. The maximum Gasteiger partial charge on any atom is 0.127 e. The van der Waals surface area contributed by atoms with Gasteiger partial charge in [-0.05, 0) is 40.8 Å². The fourth-order valence-corrected chi connectivity index (χ4v) is 2.17. The Morgan fingerprint density at radius 3 is 2.00 bits per heavy atom. The van der Waals surface area contributed by atoms with Crippen LogP contribution in [-0.4, -0.2) is 15.3 Å². The highest BCUT2D eigenvalue weighted by atomic mass is 16.3. The average Bonchev–Trinajstić information content (AvgIpc) is 2.38. The van der Waals surface area contributed by atoms with Crippen molar-refractivity contribution in [3.05, 3.63) is 54.6 Å². The number of fused-ring (bicyclic) bond motifs is 1. The van der Waals surface area contributed by atoms with Crippen LogP contribution in [0, 0.1) is 0 Å². The molecule has 3 N–H and O–H groups in total. The van der Waals surface area contributed by atoms with Gasteiger partial charge in [0, 0.05) is 11.5 Å². The molecule has 0 fully saturated rings. The lowest BCUT2D eigenvalue weighted by molar-refractivity contribution is 0.455. The summed E-state index contributed by atoms with van der Waals surface area (Å²) in [5.74, 6) is 0.319. The first-order valence-corrected chi connectivity index (χ1v) is 5.88. The lowest BCUT2D eigenvalue weighted by Gasteiger charge is -2.06. The van der Waals surface area contributed by atoms with E-state index < -0.39 is 0 Å². The molecule has 0 atom stereocenters. The van der Waals surface area contributed by atoms with Gasteiger partial charge in [-0.3, -0.25) is 0 Å². The summed E-state index contributed by atoms with van der Waals surface area (Å²) < 4.78 is 0. The summed E-state index contributed by atoms with van der Waals surface area (Å²) in [7, 11) is 0. The van der Waals surface area contributed by atoms with E-state index >= 15 is 0 Å². The Kier molecular flexibility index (Phi) is 2.53. The van der Waals surface area contributed by atoms with Gasteiger partial charge in [0.1, 0.15) is 17.2 Å². The lowest BCUT2D eigenvalue weighted by Crippen LogP contribution is -1.80. The van der Waals surface area contributed by atoms with Gasteiger partial charge in [0.25, 0.3) is 0 Å². The van der Waals surface area contributed by atoms with E-state index in [4.69, 9.17) is 0 Å². The molecule has 0 radical (unpaired) electrons. The molecule has 3 heteroatoms. The van der Waals surface area contributed by atoms with Gasteiger partial charge >= 0.3 is 0 Å². The average molecular weight is 252 g/mol. The maximum absolute atomic E-state index is 9.76. The Morgan fingerprint density at radius 1 is 0.579 bits per heavy atom. The molecule has 3 nitrogen and oxygen atoms in total. The van der Waals surface area contributed by atoms with Crippen molar-refractivity contribution in [1.82, 2.24) is 0 Å². The highest BCUT2D eigenvalue weighted by Gasteiger charge is 2.05. The first-order valence-electron chi connectivity index (χ1n) is 5.88. The molecule has 0 heterocycles. The Balaban J connectivity index is 2.18. The minimum atomic E-state index is 0.0351. The molecule has 19 heavy (non-hydrogen) atoms. The van der Waals surface area contributed by atoms with Gasteiger partial charge in [0.15, 0.2) is 0 Å². The van der Waals surface area contributed by atoms with E-state index in [2.05, 4.69) is 0 Å². The molecule has 0 aliphatic heterocycles. The van der Waals surface area contributed by atoms with Gasteiger partial charge in [0.05, 0.1) is 0 Å². The van der Waals surface area contributed by atoms with Crippen LogP contribution in [0.4, 0.5) is 0 Å². The Labute approximate surface area is 110 Å². The van der Waals surface area contributed by atoms with Crippen LogP contribution < -0.4 is 0 Å². The molecule has 0 saturated carbocycles. The monoisotopic (exact) mass is 252 g/mol. The molecule has 0 bridgehead atoms. The molecular formula is C16H12O3. The molecule has 0 amide bonds. The van der Waals surface area contributed by atoms with Crippen molar-refractivity contribution in [1.29, 1.82) is 0 Å². The number of phenols is 3. The van der Waals surface area contributed by atoms with Gasteiger partial charge in [0.2, 0.25) is 0 Å². The third-order valence-corrected chi connectivity index (χ3v) is 3.12. The van der Waals surface area contributed by atoms with Gasteiger partial charge < -0.3 is 15.3 Å². The summed E-state index contributed by atoms with van der Waals surface area (Å²) in [4.78, 5) is 0. The van der Waals surface area contributed by atoms with Crippen LogP contribution in [0.2, 0.25) is 0 Å². The number of rotatable bonds is 1. The van der Waals surface area contributed by atoms with Crippen LogP contribution in [0.1, 0.15) is 0 Å². The van der Waals surface area contributed by atoms with Crippen LogP contribution in [0.25, 0.3) is 21.9 Å². The third-order valence-electron chi connectivity index (χ3n) is 3.12. The van der Waals surface area contributed by atoms with Crippen LogP contribution in [0.5, 0.6) is 17.2 Å². The van der Waals surface area contributed by atoms with E-state index in [1.165, 1.54) is 6.07 Å². The first kappa shape index (κ1) is 11.4. The molecule has 0 aromatic heterocycles. The van der Waals surface area contributed by atoms with Gasteiger partial charge in [-0.1, -0.05) is 24.3 Å². The second-order valence-electron chi connectivity index (χ2n) is 4.45. The zero-order valence-corrected chi connectivity index (χ0v) is 10.0. The molecule has 94 valence electrons. The van der Waals surface area contributed by atoms with Crippen molar-refractivity contribution < 1.29 is 15.3 Å². The van der Waals surface area contributed by atoms with E-state index in [1.807, 2.05) is 30.3 Å². The largest absolute Gasteiger partial charge is 0.508 e. The molecule has 0 saturated heterocycles. The van der Waals surface area contributed by atoms with E-state index in [1.54, 1.807) is 18.2 Å². The SMILES string of the molecule is Oc1ccc(-c2ccc3c(O)cc(O)cc3c2)cc1. The summed E-state index contributed by atoms with van der Waals surface area (Å²) in [5, 5.41) is 30.0. The topological polar surface area (TPSA) is 60.7 Å². The minimum absolute atomic E-state index is 0.0351. The van der Waals surface area contributed by atoms with Gasteiger partial charge in [-0.25, -0.2) is 0 Å². The third kappa shape index (κ3) is 2.06. The summed E-state index contributed by atoms with van der Waals surface area (Å²) >= 11 is 0. The Morgan fingerprint density at radius 2 is 1.26 bits per heavy atom.